The fourth-order valence-corrected chi connectivity index (χ4v) is 2.20. The molecule has 2 rings (SSSR count). The van der Waals surface area contributed by atoms with Crippen LogP contribution >= 0.6 is 0 Å². The molecule has 64 valence electrons. The maximum atomic E-state index is 5.43. The summed E-state index contributed by atoms with van der Waals surface area (Å²) in [6.07, 6.45) is 2.65. The fourth-order valence-electron chi connectivity index (χ4n) is 2.20. The smallest absolute Gasteiger partial charge is 0.160 e. The highest BCUT2D eigenvalue weighted by atomic mass is 16.7. The monoisotopic (exact) mass is 156 g/mol. The molecule has 0 aromatic rings. The second-order valence-corrected chi connectivity index (χ2v) is 4.44. The van der Waals surface area contributed by atoms with E-state index in [1.807, 2.05) is 0 Å². The minimum Gasteiger partial charge on any atom is -0.350 e. The van der Waals surface area contributed by atoms with Gasteiger partial charge in [-0.2, -0.15) is 0 Å². The Morgan fingerprint density at radius 1 is 1.09 bits per heavy atom. The van der Waals surface area contributed by atoms with Crippen molar-refractivity contribution in [3.05, 3.63) is 0 Å². The molecule has 1 saturated carbocycles. The van der Waals surface area contributed by atoms with E-state index in [4.69, 9.17) is 9.47 Å². The molecule has 2 nitrogen and oxygen atoms in total. The first-order chi connectivity index (χ1) is 5.17. The molecular formula is C9H16O2. The zero-order chi connectivity index (χ0) is 7.90. The van der Waals surface area contributed by atoms with Crippen molar-refractivity contribution in [2.75, 3.05) is 13.2 Å². The molecular weight excluding hydrogens is 140 g/mol. The molecule has 0 aromatic carbocycles. The maximum absolute atomic E-state index is 5.43. The lowest BCUT2D eigenvalue weighted by Crippen LogP contribution is -2.39. The second-order valence-electron chi connectivity index (χ2n) is 4.44. The van der Waals surface area contributed by atoms with Gasteiger partial charge in [0.05, 0.1) is 13.2 Å². The molecule has 0 aromatic heterocycles. The molecule has 2 aliphatic rings. The average Bonchev–Trinajstić information content (AvgIpc) is 2.32. The van der Waals surface area contributed by atoms with Crippen LogP contribution in [0.25, 0.3) is 0 Å². The van der Waals surface area contributed by atoms with E-state index in [0.29, 0.717) is 11.3 Å². The van der Waals surface area contributed by atoms with Crippen molar-refractivity contribution in [3.63, 3.8) is 0 Å². The van der Waals surface area contributed by atoms with Gasteiger partial charge in [-0.1, -0.05) is 13.8 Å². The molecule has 2 fully saturated rings. The molecule has 11 heavy (non-hydrogen) atoms. The van der Waals surface area contributed by atoms with Crippen LogP contribution in [0.2, 0.25) is 0 Å². The van der Waals surface area contributed by atoms with Gasteiger partial charge in [-0.3, -0.25) is 0 Å². The second kappa shape index (κ2) is 2.46. The molecule has 1 aliphatic carbocycles. The summed E-state index contributed by atoms with van der Waals surface area (Å²) in [5.41, 5.74) is 0.542. The van der Waals surface area contributed by atoms with Gasteiger partial charge in [-0.15, -0.1) is 0 Å². The molecule has 0 atom stereocenters. The third kappa shape index (κ3) is 1.42. The summed E-state index contributed by atoms with van der Waals surface area (Å²) in [7, 11) is 0. The van der Waals surface area contributed by atoms with Crippen LogP contribution in [-0.2, 0) is 9.47 Å². The first kappa shape index (κ1) is 7.56. The van der Waals surface area contributed by atoms with Crippen LogP contribution < -0.4 is 0 Å². The van der Waals surface area contributed by atoms with Crippen LogP contribution in [0, 0.1) is 11.3 Å². The standard InChI is InChI=1S/C9H16O2/c1-9(2)5-7(6-9)8-10-3-4-11-8/h7-8H,3-6H2,1-2H3. The Balaban J connectivity index is 1.81. The van der Waals surface area contributed by atoms with Gasteiger partial charge < -0.3 is 9.47 Å². The Hall–Kier alpha value is -0.0800. The van der Waals surface area contributed by atoms with Crippen molar-refractivity contribution < 1.29 is 9.47 Å². The quantitative estimate of drug-likeness (QED) is 0.576. The van der Waals surface area contributed by atoms with Crippen LogP contribution in [0.15, 0.2) is 0 Å². The number of rotatable bonds is 1. The summed E-state index contributed by atoms with van der Waals surface area (Å²) in [6, 6.07) is 0. The Labute approximate surface area is 67.9 Å². The van der Waals surface area contributed by atoms with Gasteiger partial charge in [0.15, 0.2) is 6.29 Å². The van der Waals surface area contributed by atoms with Crippen molar-refractivity contribution >= 4 is 0 Å². The van der Waals surface area contributed by atoms with E-state index in [9.17, 15) is 0 Å². The van der Waals surface area contributed by atoms with Crippen molar-refractivity contribution in [1.29, 1.82) is 0 Å². The number of ether oxygens (including phenoxy) is 2. The fraction of sp³-hybridized carbons (Fsp3) is 1.00. The lowest BCUT2D eigenvalue weighted by Gasteiger charge is -2.44. The van der Waals surface area contributed by atoms with E-state index in [2.05, 4.69) is 13.8 Å². The highest BCUT2D eigenvalue weighted by Crippen LogP contribution is 2.47. The molecule has 0 unspecified atom stereocenters. The maximum Gasteiger partial charge on any atom is 0.160 e. The van der Waals surface area contributed by atoms with Crippen LogP contribution in [0.5, 0.6) is 0 Å². The van der Waals surface area contributed by atoms with Gasteiger partial charge in [-0.25, -0.2) is 0 Å². The van der Waals surface area contributed by atoms with Crippen molar-refractivity contribution in [3.8, 4) is 0 Å². The van der Waals surface area contributed by atoms with E-state index in [1.165, 1.54) is 12.8 Å². The highest BCUT2D eigenvalue weighted by molar-refractivity contribution is 4.89. The summed E-state index contributed by atoms with van der Waals surface area (Å²) < 4.78 is 10.9. The molecule has 1 saturated heterocycles. The van der Waals surface area contributed by atoms with E-state index >= 15 is 0 Å². The first-order valence-electron chi connectivity index (χ1n) is 4.41. The molecule has 1 aliphatic heterocycles. The Kier molecular flexibility index (Phi) is 1.69. The molecule has 2 heteroatoms. The average molecular weight is 156 g/mol. The van der Waals surface area contributed by atoms with Crippen LogP contribution in [-0.4, -0.2) is 19.5 Å². The summed E-state index contributed by atoms with van der Waals surface area (Å²) in [6.45, 7) is 6.19. The molecule has 0 bridgehead atoms. The number of hydrogen-bond donors (Lipinski definition) is 0. The van der Waals surface area contributed by atoms with Gasteiger partial charge in [0.2, 0.25) is 0 Å². The van der Waals surface area contributed by atoms with Crippen LogP contribution in [0.4, 0.5) is 0 Å². The zero-order valence-electron chi connectivity index (χ0n) is 7.30. The molecule has 0 spiro atoms. The molecule has 0 amide bonds. The predicted octanol–water partition coefficient (Wildman–Crippen LogP) is 1.80. The van der Waals surface area contributed by atoms with Crippen LogP contribution in [0.1, 0.15) is 26.7 Å². The van der Waals surface area contributed by atoms with E-state index in [-0.39, 0.29) is 6.29 Å². The minimum absolute atomic E-state index is 0.128. The van der Waals surface area contributed by atoms with Gasteiger partial charge in [0.1, 0.15) is 0 Å². The lowest BCUT2D eigenvalue weighted by atomic mass is 9.64. The molecule has 1 heterocycles. The van der Waals surface area contributed by atoms with E-state index in [1.54, 1.807) is 0 Å². The van der Waals surface area contributed by atoms with Crippen molar-refractivity contribution in [2.24, 2.45) is 11.3 Å². The third-order valence-corrected chi connectivity index (χ3v) is 2.66. The normalized spacial score (nSPS) is 32.2. The Bertz CT molecular complexity index is 140. The van der Waals surface area contributed by atoms with Gasteiger partial charge in [0.25, 0.3) is 0 Å². The highest BCUT2D eigenvalue weighted by Gasteiger charge is 2.42. The molecule has 0 radical (unpaired) electrons. The predicted molar refractivity (Wildman–Crippen MR) is 42.2 cm³/mol. The van der Waals surface area contributed by atoms with Gasteiger partial charge >= 0.3 is 0 Å². The largest absolute Gasteiger partial charge is 0.350 e. The van der Waals surface area contributed by atoms with Crippen molar-refractivity contribution in [2.45, 2.75) is 33.0 Å². The first-order valence-corrected chi connectivity index (χ1v) is 4.41. The van der Waals surface area contributed by atoms with E-state index < -0.39 is 0 Å². The van der Waals surface area contributed by atoms with Gasteiger partial charge in [-0.05, 0) is 18.3 Å². The Morgan fingerprint density at radius 3 is 2.09 bits per heavy atom. The van der Waals surface area contributed by atoms with Crippen LogP contribution in [0.3, 0.4) is 0 Å². The Morgan fingerprint density at radius 2 is 1.64 bits per heavy atom. The minimum atomic E-state index is 0.128. The van der Waals surface area contributed by atoms with Crippen molar-refractivity contribution in [1.82, 2.24) is 0 Å². The topological polar surface area (TPSA) is 18.5 Å². The summed E-state index contributed by atoms with van der Waals surface area (Å²) in [5.74, 6) is 0.674. The zero-order valence-corrected chi connectivity index (χ0v) is 7.30. The SMILES string of the molecule is CC1(C)CC(C2OCCO2)C1. The summed E-state index contributed by atoms with van der Waals surface area (Å²) in [5, 5.41) is 0. The lowest BCUT2D eigenvalue weighted by molar-refractivity contribution is -0.134. The molecule has 0 N–H and O–H groups in total. The third-order valence-electron chi connectivity index (χ3n) is 2.66. The summed E-state index contributed by atoms with van der Waals surface area (Å²) >= 11 is 0. The number of hydrogen-bond acceptors (Lipinski definition) is 2. The summed E-state index contributed by atoms with van der Waals surface area (Å²) in [4.78, 5) is 0. The van der Waals surface area contributed by atoms with Gasteiger partial charge in [0, 0.05) is 5.92 Å². The van der Waals surface area contributed by atoms with E-state index in [0.717, 1.165) is 13.2 Å².